The highest BCUT2D eigenvalue weighted by molar-refractivity contribution is 9.11. The van der Waals surface area contributed by atoms with Gasteiger partial charge in [0.25, 0.3) is 0 Å². The van der Waals surface area contributed by atoms with Crippen LogP contribution in [0.25, 0.3) is 0 Å². The van der Waals surface area contributed by atoms with E-state index in [9.17, 15) is 4.79 Å². The Morgan fingerprint density at radius 2 is 2.08 bits per heavy atom. The Bertz CT molecular complexity index is 229. The highest BCUT2D eigenvalue weighted by Gasteiger charge is 1.91. The second kappa shape index (κ2) is 5.77. The van der Waals surface area contributed by atoms with Crippen molar-refractivity contribution in [1.29, 1.82) is 0 Å². The van der Waals surface area contributed by atoms with E-state index in [1.165, 1.54) is 6.08 Å². The lowest BCUT2D eigenvalue weighted by molar-refractivity contribution is -0.104. The Kier molecular flexibility index (Phi) is 5.37. The molecule has 12 heavy (non-hydrogen) atoms. The predicted molar refractivity (Wildman–Crippen MR) is 55.0 cm³/mol. The van der Waals surface area contributed by atoms with E-state index in [0.717, 1.165) is 16.5 Å². The number of likely N-dealkylation sites (N-methyl/N-ethyl adjacent to an activating group) is 1. The van der Waals surface area contributed by atoms with Gasteiger partial charge in [0.05, 0.1) is 0 Å². The summed E-state index contributed by atoms with van der Waals surface area (Å²) in [7, 11) is 3.81. The van der Waals surface area contributed by atoms with E-state index < -0.39 is 0 Å². The zero-order valence-corrected chi connectivity index (χ0v) is 8.84. The molecule has 0 aromatic heterocycles. The van der Waals surface area contributed by atoms with Crippen LogP contribution in [0.4, 0.5) is 0 Å². The molecular formula is C9H12BrNO. The highest BCUT2D eigenvalue weighted by Crippen LogP contribution is 2.10. The van der Waals surface area contributed by atoms with Gasteiger partial charge < -0.3 is 4.90 Å². The van der Waals surface area contributed by atoms with E-state index in [1.807, 2.05) is 25.1 Å². The van der Waals surface area contributed by atoms with Gasteiger partial charge >= 0.3 is 0 Å². The minimum absolute atomic E-state index is 0.730. The second-order valence-electron chi connectivity index (χ2n) is 2.41. The Morgan fingerprint density at radius 1 is 1.50 bits per heavy atom. The van der Waals surface area contributed by atoms with E-state index in [0.29, 0.717) is 0 Å². The topological polar surface area (TPSA) is 20.3 Å². The molecule has 0 heterocycles. The summed E-state index contributed by atoms with van der Waals surface area (Å²) in [5, 5.41) is 0. The summed E-state index contributed by atoms with van der Waals surface area (Å²) < 4.78 is 0.827. The Hall–Kier alpha value is -0.830. The van der Waals surface area contributed by atoms with E-state index in [4.69, 9.17) is 0 Å². The van der Waals surface area contributed by atoms with Crippen molar-refractivity contribution in [2.45, 2.75) is 0 Å². The number of rotatable bonds is 4. The number of hydrogen-bond donors (Lipinski definition) is 0. The van der Waals surface area contributed by atoms with Crippen LogP contribution in [0, 0.1) is 0 Å². The van der Waals surface area contributed by atoms with Crippen molar-refractivity contribution < 1.29 is 4.79 Å². The van der Waals surface area contributed by atoms with Gasteiger partial charge in [-0.1, -0.05) is 22.5 Å². The van der Waals surface area contributed by atoms with Gasteiger partial charge in [-0.05, 0) is 18.2 Å². The van der Waals surface area contributed by atoms with Crippen LogP contribution in [-0.2, 0) is 4.79 Å². The summed E-state index contributed by atoms with van der Waals surface area (Å²) in [6.07, 6.45) is 5.65. The Labute approximate surface area is 81.4 Å². The van der Waals surface area contributed by atoms with Gasteiger partial charge in [-0.3, -0.25) is 4.79 Å². The van der Waals surface area contributed by atoms with Gasteiger partial charge in [-0.15, -0.1) is 0 Å². The third-order valence-electron chi connectivity index (χ3n) is 1.21. The maximum atomic E-state index is 9.96. The Morgan fingerprint density at radius 3 is 2.50 bits per heavy atom. The van der Waals surface area contributed by atoms with Crippen LogP contribution in [0.3, 0.4) is 0 Å². The third-order valence-corrected chi connectivity index (χ3v) is 1.71. The summed E-state index contributed by atoms with van der Waals surface area (Å²) in [5.41, 5.74) is 0.873. The molecule has 0 aromatic rings. The molecule has 0 aliphatic carbocycles. The molecule has 0 aliphatic heterocycles. The SMILES string of the molecule is C=C(/C=C(Br)\C=C/C=O)N(C)C. The number of carbonyl (C=O) groups is 1. The molecule has 66 valence electrons. The molecule has 0 aliphatic rings. The van der Waals surface area contributed by atoms with Crippen LogP contribution in [0.15, 0.2) is 35.0 Å². The number of halogens is 1. The van der Waals surface area contributed by atoms with Gasteiger partial charge in [-0.2, -0.15) is 0 Å². The van der Waals surface area contributed by atoms with Crippen LogP contribution < -0.4 is 0 Å². The number of nitrogens with zero attached hydrogens (tertiary/aromatic N) is 1. The van der Waals surface area contributed by atoms with Crippen molar-refractivity contribution in [3.63, 3.8) is 0 Å². The van der Waals surface area contributed by atoms with Crippen LogP contribution in [0.5, 0.6) is 0 Å². The van der Waals surface area contributed by atoms with Crippen molar-refractivity contribution in [1.82, 2.24) is 4.90 Å². The minimum Gasteiger partial charge on any atom is -0.378 e. The maximum absolute atomic E-state index is 9.96. The van der Waals surface area contributed by atoms with Crippen molar-refractivity contribution in [3.8, 4) is 0 Å². The zero-order valence-electron chi connectivity index (χ0n) is 7.25. The van der Waals surface area contributed by atoms with Crippen LogP contribution in [-0.4, -0.2) is 25.3 Å². The molecule has 0 rings (SSSR count). The normalized spacial score (nSPS) is 11.8. The summed E-state index contributed by atoms with van der Waals surface area (Å²) >= 11 is 3.28. The van der Waals surface area contributed by atoms with E-state index >= 15 is 0 Å². The number of carbonyl (C=O) groups excluding carboxylic acids is 1. The van der Waals surface area contributed by atoms with E-state index in [-0.39, 0.29) is 0 Å². The molecule has 0 radical (unpaired) electrons. The number of allylic oxidation sites excluding steroid dienone is 4. The fourth-order valence-corrected chi connectivity index (χ4v) is 0.884. The van der Waals surface area contributed by atoms with Gasteiger partial charge in [0.1, 0.15) is 6.29 Å². The first-order valence-electron chi connectivity index (χ1n) is 3.43. The quantitative estimate of drug-likeness (QED) is 0.418. The van der Waals surface area contributed by atoms with Gasteiger partial charge in [0.15, 0.2) is 0 Å². The van der Waals surface area contributed by atoms with Crippen LogP contribution in [0.2, 0.25) is 0 Å². The van der Waals surface area contributed by atoms with Gasteiger partial charge in [-0.25, -0.2) is 0 Å². The lowest BCUT2D eigenvalue weighted by Gasteiger charge is -2.11. The lowest BCUT2D eigenvalue weighted by atomic mass is 10.3. The molecule has 0 aromatic carbocycles. The van der Waals surface area contributed by atoms with Crippen molar-refractivity contribution in [2.24, 2.45) is 0 Å². The first-order chi connectivity index (χ1) is 5.57. The number of hydrogen-bond acceptors (Lipinski definition) is 2. The standard InChI is InChI=1S/C9H12BrNO/c1-8(11(2)3)7-9(10)5-4-6-12/h4-7H,1H2,2-3H3/b5-4-,9-7+. The fraction of sp³-hybridized carbons (Fsp3) is 0.222. The van der Waals surface area contributed by atoms with E-state index in [1.54, 1.807) is 6.08 Å². The average molecular weight is 230 g/mol. The monoisotopic (exact) mass is 229 g/mol. The first kappa shape index (κ1) is 11.2. The van der Waals surface area contributed by atoms with Crippen LogP contribution in [0.1, 0.15) is 0 Å². The molecule has 0 atom stereocenters. The second-order valence-corrected chi connectivity index (χ2v) is 3.33. The minimum atomic E-state index is 0.730. The average Bonchev–Trinajstić information content (AvgIpc) is 2.00. The molecule has 0 N–H and O–H groups in total. The van der Waals surface area contributed by atoms with E-state index in [2.05, 4.69) is 22.5 Å². The largest absolute Gasteiger partial charge is 0.378 e. The molecule has 0 amide bonds. The molecule has 2 nitrogen and oxygen atoms in total. The van der Waals surface area contributed by atoms with Crippen molar-refractivity contribution in [3.05, 3.63) is 35.0 Å². The highest BCUT2D eigenvalue weighted by atomic mass is 79.9. The third kappa shape index (κ3) is 4.91. The maximum Gasteiger partial charge on any atom is 0.142 e. The lowest BCUT2D eigenvalue weighted by Crippen LogP contribution is -2.07. The molecule has 0 spiro atoms. The smallest absolute Gasteiger partial charge is 0.142 e. The summed E-state index contributed by atoms with van der Waals surface area (Å²) in [5.74, 6) is 0. The summed E-state index contributed by atoms with van der Waals surface area (Å²) in [6.45, 7) is 3.80. The van der Waals surface area contributed by atoms with Crippen LogP contribution >= 0.6 is 15.9 Å². The fourth-order valence-electron chi connectivity index (χ4n) is 0.468. The summed E-state index contributed by atoms with van der Waals surface area (Å²) in [6, 6.07) is 0. The van der Waals surface area contributed by atoms with Gasteiger partial charge in [0, 0.05) is 24.3 Å². The number of aldehydes is 1. The zero-order chi connectivity index (χ0) is 9.56. The molecule has 0 bridgehead atoms. The first-order valence-corrected chi connectivity index (χ1v) is 4.22. The Balaban J connectivity index is 4.25. The molecule has 0 unspecified atom stereocenters. The molecule has 0 fully saturated rings. The molecule has 0 saturated heterocycles. The molecule has 3 heteroatoms. The predicted octanol–water partition coefficient (Wildman–Crippen LogP) is 2.10. The summed E-state index contributed by atoms with van der Waals surface area (Å²) in [4.78, 5) is 11.8. The van der Waals surface area contributed by atoms with Gasteiger partial charge in [0.2, 0.25) is 0 Å². The molecular weight excluding hydrogens is 218 g/mol. The van der Waals surface area contributed by atoms with Crippen molar-refractivity contribution in [2.75, 3.05) is 14.1 Å². The molecule has 0 saturated carbocycles. The van der Waals surface area contributed by atoms with Crippen molar-refractivity contribution >= 4 is 22.2 Å².